The Kier molecular flexibility index (Phi) is 2.92. The van der Waals surface area contributed by atoms with Gasteiger partial charge in [0.25, 0.3) is 0 Å². The molecule has 0 bridgehead atoms. The molecule has 0 aromatic heterocycles. The highest BCUT2D eigenvalue weighted by Crippen LogP contribution is 2.21. The molecule has 12 heavy (non-hydrogen) atoms. The first kappa shape index (κ1) is 9.32. The Bertz CT molecular complexity index is 172. The molecular weight excluding hydrogens is 158 g/mol. The van der Waals surface area contributed by atoms with Crippen LogP contribution in [0.15, 0.2) is 0 Å². The predicted molar refractivity (Wildman–Crippen MR) is 44.1 cm³/mol. The van der Waals surface area contributed by atoms with Crippen LogP contribution in [-0.2, 0) is 0 Å². The van der Waals surface area contributed by atoms with Crippen molar-refractivity contribution in [2.45, 2.75) is 38.3 Å². The highest BCUT2D eigenvalue weighted by molar-refractivity contribution is 5.65. The van der Waals surface area contributed by atoms with Crippen LogP contribution in [-0.4, -0.2) is 39.9 Å². The van der Waals surface area contributed by atoms with Gasteiger partial charge in [-0.25, -0.2) is 4.79 Å². The number of aliphatic hydroxyl groups is 1. The Morgan fingerprint density at radius 3 is 2.92 bits per heavy atom. The zero-order valence-corrected chi connectivity index (χ0v) is 7.23. The lowest BCUT2D eigenvalue weighted by atomic mass is 10.1. The lowest BCUT2D eigenvalue weighted by Gasteiger charge is -2.25. The summed E-state index contributed by atoms with van der Waals surface area (Å²) in [5.74, 6) is 0. The number of carboxylic acid groups (broad SMARTS) is 1. The van der Waals surface area contributed by atoms with Crippen LogP contribution in [0.25, 0.3) is 0 Å². The lowest BCUT2D eigenvalue weighted by Crippen LogP contribution is -2.41. The first-order chi connectivity index (χ1) is 5.66. The summed E-state index contributed by atoms with van der Waals surface area (Å²) in [4.78, 5) is 12.0. The van der Waals surface area contributed by atoms with Gasteiger partial charge in [-0.05, 0) is 19.3 Å². The second kappa shape index (κ2) is 3.76. The number of carbonyl (C=O) groups is 1. The zero-order valence-electron chi connectivity index (χ0n) is 7.23. The molecule has 1 rings (SSSR count). The fraction of sp³-hybridized carbons (Fsp3) is 0.875. The summed E-state index contributed by atoms with van der Waals surface area (Å²) in [6.07, 6.45) is 0.873. The van der Waals surface area contributed by atoms with E-state index in [0.717, 1.165) is 12.8 Å². The van der Waals surface area contributed by atoms with Crippen molar-refractivity contribution in [1.82, 2.24) is 4.90 Å². The van der Waals surface area contributed by atoms with Crippen molar-refractivity contribution in [2.75, 3.05) is 6.54 Å². The van der Waals surface area contributed by atoms with Gasteiger partial charge in [0.2, 0.25) is 0 Å². The maximum absolute atomic E-state index is 10.6. The van der Waals surface area contributed by atoms with Gasteiger partial charge in [-0.3, -0.25) is 0 Å². The molecule has 2 atom stereocenters. The van der Waals surface area contributed by atoms with Crippen molar-refractivity contribution >= 4 is 6.09 Å². The lowest BCUT2D eigenvalue weighted by molar-refractivity contribution is 0.0658. The molecule has 0 aromatic carbocycles. The minimum absolute atomic E-state index is 0.174. The molecule has 1 aliphatic heterocycles. The number of hydrogen-bond acceptors (Lipinski definition) is 2. The third kappa shape index (κ3) is 1.69. The van der Waals surface area contributed by atoms with Gasteiger partial charge in [0, 0.05) is 6.54 Å². The molecule has 0 aromatic rings. The van der Waals surface area contributed by atoms with Crippen molar-refractivity contribution in [3.05, 3.63) is 0 Å². The van der Waals surface area contributed by atoms with E-state index >= 15 is 0 Å². The molecule has 0 spiro atoms. The molecular formula is C8H15NO3. The number of rotatable bonds is 2. The van der Waals surface area contributed by atoms with Crippen molar-refractivity contribution in [2.24, 2.45) is 0 Å². The van der Waals surface area contributed by atoms with Crippen molar-refractivity contribution in [1.29, 1.82) is 0 Å². The molecule has 1 unspecified atom stereocenters. The van der Waals surface area contributed by atoms with Gasteiger partial charge in [-0.15, -0.1) is 0 Å². The summed E-state index contributed by atoms with van der Waals surface area (Å²) in [6.45, 7) is 2.43. The number of hydrogen-bond donors (Lipinski definition) is 2. The van der Waals surface area contributed by atoms with Gasteiger partial charge in [0.1, 0.15) is 0 Å². The van der Waals surface area contributed by atoms with Gasteiger partial charge in [-0.2, -0.15) is 0 Å². The Hall–Kier alpha value is -0.770. The Balaban J connectivity index is 2.57. The maximum atomic E-state index is 10.6. The minimum Gasteiger partial charge on any atom is -0.465 e. The summed E-state index contributed by atoms with van der Waals surface area (Å²) in [6, 6.07) is -0.174. The largest absolute Gasteiger partial charge is 0.465 e. The second-order valence-electron chi connectivity index (χ2n) is 3.16. The molecule has 0 aliphatic carbocycles. The molecule has 4 heteroatoms. The van der Waals surface area contributed by atoms with Gasteiger partial charge >= 0.3 is 6.09 Å². The number of nitrogens with zero attached hydrogens (tertiary/aromatic N) is 1. The normalized spacial score (nSPS) is 25.8. The highest BCUT2D eigenvalue weighted by Gasteiger charge is 2.32. The van der Waals surface area contributed by atoms with E-state index in [4.69, 9.17) is 5.11 Å². The van der Waals surface area contributed by atoms with Gasteiger partial charge in [0.05, 0.1) is 12.1 Å². The van der Waals surface area contributed by atoms with Gasteiger partial charge < -0.3 is 15.1 Å². The van der Waals surface area contributed by atoms with E-state index in [2.05, 4.69) is 0 Å². The van der Waals surface area contributed by atoms with Crippen LogP contribution in [0, 0.1) is 0 Å². The molecule has 1 amide bonds. The standard InChI is InChI=1S/C8H15NO3/c1-2-7(10)6-4-3-5-9(6)8(11)12/h6-7,10H,2-5H2,1H3,(H,11,12)/t6-,7?/m0/s1. The number of aliphatic hydroxyl groups excluding tert-OH is 1. The molecule has 2 N–H and O–H groups in total. The van der Waals surface area contributed by atoms with Crippen LogP contribution in [0.1, 0.15) is 26.2 Å². The highest BCUT2D eigenvalue weighted by atomic mass is 16.4. The topological polar surface area (TPSA) is 60.8 Å². The third-order valence-electron chi connectivity index (χ3n) is 2.41. The number of amides is 1. The smallest absolute Gasteiger partial charge is 0.407 e. The molecule has 4 nitrogen and oxygen atoms in total. The molecule has 1 fully saturated rings. The SMILES string of the molecule is CCC(O)[C@@H]1CCCN1C(=O)O. The average Bonchev–Trinajstić information content (AvgIpc) is 2.50. The van der Waals surface area contributed by atoms with Crippen LogP contribution in [0.5, 0.6) is 0 Å². The summed E-state index contributed by atoms with van der Waals surface area (Å²) < 4.78 is 0. The Morgan fingerprint density at radius 1 is 1.75 bits per heavy atom. The van der Waals surface area contributed by atoms with E-state index in [1.54, 1.807) is 0 Å². The van der Waals surface area contributed by atoms with Crippen LogP contribution >= 0.6 is 0 Å². The van der Waals surface area contributed by atoms with Crippen molar-refractivity contribution < 1.29 is 15.0 Å². The van der Waals surface area contributed by atoms with Crippen LogP contribution in [0.2, 0.25) is 0 Å². The summed E-state index contributed by atoms with van der Waals surface area (Å²) in [7, 11) is 0. The first-order valence-corrected chi connectivity index (χ1v) is 4.34. The quantitative estimate of drug-likeness (QED) is 0.652. The molecule has 1 saturated heterocycles. The first-order valence-electron chi connectivity index (χ1n) is 4.34. The van der Waals surface area contributed by atoms with E-state index in [1.807, 2.05) is 6.92 Å². The fourth-order valence-electron chi connectivity index (χ4n) is 1.70. The van der Waals surface area contributed by atoms with Crippen molar-refractivity contribution in [3.8, 4) is 0 Å². The monoisotopic (exact) mass is 173 g/mol. The average molecular weight is 173 g/mol. The summed E-state index contributed by atoms with van der Waals surface area (Å²) >= 11 is 0. The fourth-order valence-corrected chi connectivity index (χ4v) is 1.70. The molecule has 0 saturated carbocycles. The van der Waals surface area contributed by atoms with Crippen LogP contribution in [0.4, 0.5) is 4.79 Å². The summed E-state index contributed by atoms with van der Waals surface area (Å²) in [5, 5.41) is 18.2. The third-order valence-corrected chi connectivity index (χ3v) is 2.41. The molecule has 70 valence electrons. The Labute approximate surface area is 71.8 Å². The van der Waals surface area contributed by atoms with E-state index < -0.39 is 12.2 Å². The molecule has 1 heterocycles. The second-order valence-corrected chi connectivity index (χ2v) is 3.16. The van der Waals surface area contributed by atoms with Crippen LogP contribution in [0.3, 0.4) is 0 Å². The van der Waals surface area contributed by atoms with E-state index in [1.165, 1.54) is 4.90 Å². The minimum atomic E-state index is -0.912. The van der Waals surface area contributed by atoms with Gasteiger partial charge in [-0.1, -0.05) is 6.92 Å². The van der Waals surface area contributed by atoms with Crippen molar-refractivity contribution in [3.63, 3.8) is 0 Å². The number of likely N-dealkylation sites (tertiary alicyclic amines) is 1. The van der Waals surface area contributed by atoms with Gasteiger partial charge in [0.15, 0.2) is 0 Å². The van der Waals surface area contributed by atoms with E-state index in [9.17, 15) is 9.90 Å². The zero-order chi connectivity index (χ0) is 9.14. The Morgan fingerprint density at radius 2 is 2.42 bits per heavy atom. The predicted octanol–water partition coefficient (Wildman–Crippen LogP) is 0.900. The molecule has 1 aliphatic rings. The van der Waals surface area contributed by atoms with E-state index in [-0.39, 0.29) is 6.04 Å². The van der Waals surface area contributed by atoms with E-state index in [0.29, 0.717) is 13.0 Å². The molecule has 0 radical (unpaired) electrons. The maximum Gasteiger partial charge on any atom is 0.407 e. The summed E-state index contributed by atoms with van der Waals surface area (Å²) in [5.41, 5.74) is 0. The van der Waals surface area contributed by atoms with Crippen LogP contribution < -0.4 is 0 Å².